The Morgan fingerprint density at radius 1 is 1.00 bits per heavy atom. The fourth-order valence-corrected chi connectivity index (χ4v) is 3.53. The summed E-state index contributed by atoms with van der Waals surface area (Å²) in [5, 5.41) is 11.6. The Bertz CT molecular complexity index is 1140. The highest BCUT2D eigenvalue weighted by Crippen LogP contribution is 2.27. The van der Waals surface area contributed by atoms with Crippen LogP contribution < -0.4 is 5.32 Å². The number of pyridine rings is 2. The highest BCUT2D eigenvalue weighted by atomic mass is 16.4. The van der Waals surface area contributed by atoms with E-state index < -0.39 is 0 Å². The number of anilines is 2. The lowest BCUT2D eigenvalue weighted by atomic mass is 9.99. The summed E-state index contributed by atoms with van der Waals surface area (Å²) in [5.41, 5.74) is 6.23. The molecule has 0 saturated carbocycles. The summed E-state index contributed by atoms with van der Waals surface area (Å²) >= 11 is 0. The van der Waals surface area contributed by atoms with Crippen LogP contribution in [0.5, 0.6) is 0 Å². The molecule has 0 unspecified atom stereocenters. The maximum atomic E-state index is 5.84. The van der Waals surface area contributed by atoms with Crippen LogP contribution in [-0.2, 0) is 13.0 Å². The van der Waals surface area contributed by atoms with Gasteiger partial charge in [-0.25, -0.2) is 0 Å². The molecule has 4 heterocycles. The van der Waals surface area contributed by atoms with Gasteiger partial charge in [0.1, 0.15) is 0 Å². The normalized spacial score (nSPS) is 13.8. The van der Waals surface area contributed by atoms with Gasteiger partial charge in [-0.15, -0.1) is 5.10 Å². The molecular formula is C22H20N6O. The van der Waals surface area contributed by atoms with Crippen LogP contribution in [0.2, 0.25) is 0 Å². The molecule has 1 aliphatic heterocycles. The van der Waals surface area contributed by atoms with Crippen LogP contribution in [0.25, 0.3) is 22.7 Å². The fraction of sp³-hybridized carbons (Fsp3) is 0.182. The van der Waals surface area contributed by atoms with E-state index in [0.29, 0.717) is 11.9 Å². The van der Waals surface area contributed by atoms with Crippen LogP contribution in [0.4, 0.5) is 11.7 Å². The SMILES string of the molecule is CN1CCc2ccc(Nc3nnc(-c4ccnc(-c5cccnc5)c4)o3)cc2C1. The molecule has 0 bridgehead atoms. The molecule has 0 radical (unpaired) electrons. The minimum Gasteiger partial charge on any atom is -0.403 e. The van der Waals surface area contributed by atoms with Crippen molar-refractivity contribution in [3.63, 3.8) is 0 Å². The summed E-state index contributed by atoms with van der Waals surface area (Å²) in [6.45, 7) is 2.05. The van der Waals surface area contributed by atoms with E-state index in [9.17, 15) is 0 Å². The minimum atomic E-state index is 0.365. The molecule has 1 aliphatic rings. The number of nitrogens with one attached hydrogen (secondary N) is 1. The van der Waals surface area contributed by atoms with E-state index in [1.165, 1.54) is 11.1 Å². The molecule has 29 heavy (non-hydrogen) atoms. The summed E-state index contributed by atoms with van der Waals surface area (Å²) in [5.74, 6) is 0.442. The van der Waals surface area contributed by atoms with Gasteiger partial charge in [0.2, 0.25) is 5.89 Å². The van der Waals surface area contributed by atoms with Crippen molar-refractivity contribution in [2.24, 2.45) is 0 Å². The quantitative estimate of drug-likeness (QED) is 0.571. The van der Waals surface area contributed by atoms with Crippen molar-refractivity contribution in [1.82, 2.24) is 25.1 Å². The van der Waals surface area contributed by atoms with Gasteiger partial charge in [0.05, 0.1) is 5.69 Å². The minimum absolute atomic E-state index is 0.365. The van der Waals surface area contributed by atoms with Gasteiger partial charge in [-0.05, 0) is 61.0 Å². The summed E-state index contributed by atoms with van der Waals surface area (Å²) in [6, 6.07) is 14.4. The van der Waals surface area contributed by atoms with E-state index in [-0.39, 0.29) is 0 Å². The third-order valence-electron chi connectivity index (χ3n) is 5.05. The zero-order chi connectivity index (χ0) is 19.6. The summed E-state index contributed by atoms with van der Waals surface area (Å²) in [7, 11) is 2.14. The maximum absolute atomic E-state index is 5.84. The fourth-order valence-electron chi connectivity index (χ4n) is 3.53. The molecule has 4 aromatic rings. The van der Waals surface area contributed by atoms with E-state index in [1.807, 2.05) is 24.3 Å². The second-order valence-corrected chi connectivity index (χ2v) is 7.18. The molecule has 0 amide bonds. The highest BCUT2D eigenvalue weighted by molar-refractivity contribution is 5.65. The monoisotopic (exact) mass is 384 g/mol. The van der Waals surface area contributed by atoms with Crippen molar-refractivity contribution < 1.29 is 4.42 Å². The summed E-state index contributed by atoms with van der Waals surface area (Å²) in [4.78, 5) is 10.9. The molecule has 7 nitrogen and oxygen atoms in total. The van der Waals surface area contributed by atoms with Crippen LogP contribution in [-0.4, -0.2) is 38.7 Å². The molecule has 0 atom stereocenters. The molecule has 7 heteroatoms. The van der Waals surface area contributed by atoms with Crippen molar-refractivity contribution in [3.8, 4) is 22.7 Å². The van der Waals surface area contributed by atoms with Crippen LogP contribution in [0, 0.1) is 0 Å². The van der Waals surface area contributed by atoms with Gasteiger partial charge in [-0.3, -0.25) is 9.97 Å². The van der Waals surface area contributed by atoms with Crippen LogP contribution in [0.15, 0.2) is 65.5 Å². The number of likely N-dealkylation sites (N-methyl/N-ethyl adjacent to an activating group) is 1. The first-order valence-electron chi connectivity index (χ1n) is 9.52. The second-order valence-electron chi connectivity index (χ2n) is 7.18. The second kappa shape index (κ2) is 7.44. The largest absolute Gasteiger partial charge is 0.403 e. The number of nitrogens with zero attached hydrogens (tertiary/aromatic N) is 5. The third kappa shape index (κ3) is 3.72. The number of benzene rings is 1. The molecule has 0 fully saturated rings. The smallest absolute Gasteiger partial charge is 0.320 e. The molecule has 144 valence electrons. The van der Waals surface area contributed by atoms with Gasteiger partial charge in [-0.1, -0.05) is 11.2 Å². The third-order valence-corrected chi connectivity index (χ3v) is 5.05. The van der Waals surface area contributed by atoms with E-state index in [1.54, 1.807) is 18.6 Å². The summed E-state index contributed by atoms with van der Waals surface area (Å²) < 4.78 is 5.84. The number of fused-ring (bicyclic) bond motifs is 1. The zero-order valence-corrected chi connectivity index (χ0v) is 16.0. The highest BCUT2D eigenvalue weighted by Gasteiger charge is 2.15. The predicted molar refractivity (Wildman–Crippen MR) is 111 cm³/mol. The zero-order valence-electron chi connectivity index (χ0n) is 16.0. The van der Waals surface area contributed by atoms with Gasteiger partial charge < -0.3 is 14.6 Å². The van der Waals surface area contributed by atoms with Crippen molar-refractivity contribution in [1.29, 1.82) is 0 Å². The Labute approximate surface area is 168 Å². The maximum Gasteiger partial charge on any atom is 0.320 e. The van der Waals surface area contributed by atoms with Crippen LogP contribution in [0.1, 0.15) is 11.1 Å². The first-order chi connectivity index (χ1) is 14.2. The molecule has 0 spiro atoms. The van der Waals surface area contributed by atoms with Crippen molar-refractivity contribution in [3.05, 3.63) is 72.2 Å². The number of hydrogen-bond acceptors (Lipinski definition) is 7. The topological polar surface area (TPSA) is 80.0 Å². The summed E-state index contributed by atoms with van der Waals surface area (Å²) in [6.07, 6.45) is 6.33. The van der Waals surface area contributed by atoms with Gasteiger partial charge in [0, 0.05) is 48.5 Å². The lowest BCUT2D eigenvalue weighted by molar-refractivity contribution is 0.313. The predicted octanol–water partition coefficient (Wildman–Crippen LogP) is 3.93. The van der Waals surface area contributed by atoms with Crippen LogP contribution in [0.3, 0.4) is 0 Å². The van der Waals surface area contributed by atoms with E-state index >= 15 is 0 Å². The molecule has 0 aliphatic carbocycles. The lowest BCUT2D eigenvalue weighted by Crippen LogP contribution is -2.26. The van der Waals surface area contributed by atoms with Gasteiger partial charge in [0.15, 0.2) is 0 Å². The van der Waals surface area contributed by atoms with Crippen molar-refractivity contribution in [2.75, 3.05) is 18.9 Å². The average molecular weight is 384 g/mol. The standard InChI is InChI=1S/C22H20N6O/c1-28-10-7-15-4-5-19(11-18(15)14-28)25-22-27-26-21(29-22)16-6-9-24-20(12-16)17-3-2-8-23-13-17/h2-6,8-9,11-13H,7,10,14H2,1H3,(H,25,27). The molecular weight excluding hydrogens is 364 g/mol. The Hall–Kier alpha value is -3.58. The van der Waals surface area contributed by atoms with Gasteiger partial charge in [0.25, 0.3) is 0 Å². The Morgan fingerprint density at radius 2 is 1.97 bits per heavy atom. The lowest BCUT2D eigenvalue weighted by Gasteiger charge is -2.25. The van der Waals surface area contributed by atoms with Crippen molar-refractivity contribution >= 4 is 11.7 Å². The molecule has 3 aromatic heterocycles. The van der Waals surface area contributed by atoms with E-state index in [2.05, 4.69) is 55.6 Å². The number of aromatic nitrogens is 4. The Kier molecular flexibility index (Phi) is 4.50. The van der Waals surface area contributed by atoms with Crippen molar-refractivity contribution in [2.45, 2.75) is 13.0 Å². The van der Waals surface area contributed by atoms with Gasteiger partial charge >= 0.3 is 6.01 Å². The van der Waals surface area contributed by atoms with Crippen LogP contribution >= 0.6 is 0 Å². The first-order valence-corrected chi connectivity index (χ1v) is 9.52. The number of hydrogen-bond donors (Lipinski definition) is 1. The molecule has 5 rings (SSSR count). The van der Waals surface area contributed by atoms with E-state index in [0.717, 1.165) is 42.0 Å². The van der Waals surface area contributed by atoms with Gasteiger partial charge in [-0.2, -0.15) is 0 Å². The molecule has 1 aromatic carbocycles. The molecule has 0 saturated heterocycles. The van der Waals surface area contributed by atoms with E-state index in [4.69, 9.17) is 4.42 Å². The Morgan fingerprint density at radius 3 is 2.86 bits per heavy atom. The number of rotatable bonds is 4. The first kappa shape index (κ1) is 17.5. The molecule has 1 N–H and O–H groups in total. The Balaban J connectivity index is 1.37. The average Bonchev–Trinajstić information content (AvgIpc) is 3.23.